The highest BCUT2D eigenvalue weighted by Gasteiger charge is 1.99. The van der Waals surface area contributed by atoms with Crippen molar-refractivity contribution in [2.75, 3.05) is 0 Å². The molecule has 0 saturated heterocycles. The fraction of sp³-hybridized carbons (Fsp3) is 0.278. The zero-order valence-electron chi connectivity index (χ0n) is 11.9. The summed E-state index contributed by atoms with van der Waals surface area (Å²) in [6.07, 6.45) is 6.43. The first-order chi connectivity index (χ1) is 9.83. The van der Waals surface area contributed by atoms with Crippen LogP contribution >= 0.6 is 0 Å². The highest BCUT2D eigenvalue weighted by molar-refractivity contribution is 5.80. The second-order valence-electron chi connectivity index (χ2n) is 5.02. The van der Waals surface area contributed by atoms with Gasteiger partial charge in [0, 0.05) is 0 Å². The van der Waals surface area contributed by atoms with Gasteiger partial charge >= 0.3 is 0 Å². The van der Waals surface area contributed by atoms with E-state index in [2.05, 4.69) is 36.3 Å². The summed E-state index contributed by atoms with van der Waals surface area (Å²) in [6.45, 7) is 2.23. The summed E-state index contributed by atoms with van der Waals surface area (Å²) >= 11 is 0. The van der Waals surface area contributed by atoms with Gasteiger partial charge in [-0.15, -0.1) is 0 Å². The van der Waals surface area contributed by atoms with Gasteiger partial charge in [-0.25, -0.2) is 0 Å². The Bertz CT molecular complexity index is 541. The third kappa shape index (κ3) is 3.95. The standard InChI is InChI=1S/C18H21NO/c1-2-3-4-5-15-6-10-17(11-7-15)18-12-8-16(9-13-18)14-19-20/h6-14,20H,2-5H2,1H3/b19-14+. The van der Waals surface area contributed by atoms with Gasteiger partial charge in [-0.05, 0) is 35.1 Å². The number of hydrogen-bond acceptors (Lipinski definition) is 2. The summed E-state index contributed by atoms with van der Waals surface area (Å²) in [5.74, 6) is 0. The van der Waals surface area contributed by atoms with E-state index < -0.39 is 0 Å². The van der Waals surface area contributed by atoms with E-state index in [0.717, 1.165) is 5.56 Å². The minimum Gasteiger partial charge on any atom is -0.411 e. The van der Waals surface area contributed by atoms with Crippen molar-refractivity contribution in [1.82, 2.24) is 0 Å². The van der Waals surface area contributed by atoms with Gasteiger partial charge in [0.2, 0.25) is 0 Å². The number of oxime groups is 1. The number of nitrogens with zero attached hydrogens (tertiary/aromatic N) is 1. The number of unbranched alkanes of at least 4 members (excludes halogenated alkanes) is 2. The molecule has 0 aliphatic carbocycles. The van der Waals surface area contributed by atoms with Crippen molar-refractivity contribution in [3.05, 3.63) is 59.7 Å². The highest BCUT2D eigenvalue weighted by Crippen LogP contribution is 2.20. The van der Waals surface area contributed by atoms with Crippen molar-refractivity contribution in [1.29, 1.82) is 0 Å². The maximum atomic E-state index is 8.49. The van der Waals surface area contributed by atoms with Crippen molar-refractivity contribution in [2.45, 2.75) is 32.6 Å². The van der Waals surface area contributed by atoms with E-state index in [-0.39, 0.29) is 0 Å². The zero-order valence-corrected chi connectivity index (χ0v) is 11.9. The molecule has 2 aromatic rings. The minimum absolute atomic E-state index is 0.896. The summed E-state index contributed by atoms with van der Waals surface area (Å²) < 4.78 is 0. The molecule has 0 heterocycles. The second kappa shape index (κ2) is 7.49. The molecule has 0 aromatic heterocycles. The molecule has 0 bridgehead atoms. The van der Waals surface area contributed by atoms with Crippen LogP contribution in [0.5, 0.6) is 0 Å². The first-order valence-corrected chi connectivity index (χ1v) is 7.20. The van der Waals surface area contributed by atoms with E-state index in [4.69, 9.17) is 5.21 Å². The van der Waals surface area contributed by atoms with Crippen LogP contribution in [0.25, 0.3) is 11.1 Å². The summed E-state index contributed by atoms with van der Waals surface area (Å²) in [5.41, 5.74) is 4.70. The van der Waals surface area contributed by atoms with Gasteiger partial charge in [-0.1, -0.05) is 73.5 Å². The van der Waals surface area contributed by atoms with Crippen molar-refractivity contribution in [3.8, 4) is 11.1 Å². The summed E-state index contributed by atoms with van der Waals surface area (Å²) in [5, 5.41) is 11.5. The van der Waals surface area contributed by atoms with Gasteiger partial charge in [-0.3, -0.25) is 0 Å². The molecule has 2 rings (SSSR count). The molecule has 2 heteroatoms. The fourth-order valence-electron chi connectivity index (χ4n) is 2.27. The van der Waals surface area contributed by atoms with Gasteiger partial charge in [0.25, 0.3) is 0 Å². The molecule has 0 atom stereocenters. The van der Waals surface area contributed by atoms with Crippen LogP contribution in [0.4, 0.5) is 0 Å². The Morgan fingerprint density at radius 2 is 1.50 bits per heavy atom. The SMILES string of the molecule is CCCCCc1ccc(-c2ccc(/C=N/O)cc2)cc1. The zero-order chi connectivity index (χ0) is 14.2. The average Bonchev–Trinajstić information content (AvgIpc) is 2.49. The van der Waals surface area contributed by atoms with Crippen LogP contribution in [0, 0.1) is 0 Å². The lowest BCUT2D eigenvalue weighted by Gasteiger charge is -2.05. The normalized spacial score (nSPS) is 11.1. The summed E-state index contributed by atoms with van der Waals surface area (Å²) in [4.78, 5) is 0. The van der Waals surface area contributed by atoms with Crippen molar-refractivity contribution in [2.24, 2.45) is 5.16 Å². The van der Waals surface area contributed by atoms with E-state index in [1.165, 1.54) is 48.6 Å². The third-order valence-corrected chi connectivity index (χ3v) is 3.47. The fourth-order valence-corrected chi connectivity index (χ4v) is 2.27. The molecule has 1 N–H and O–H groups in total. The summed E-state index contributed by atoms with van der Waals surface area (Å²) in [7, 11) is 0. The molecule has 20 heavy (non-hydrogen) atoms. The van der Waals surface area contributed by atoms with Gasteiger partial charge in [0.1, 0.15) is 0 Å². The molecule has 104 valence electrons. The van der Waals surface area contributed by atoms with E-state index in [1.54, 1.807) is 0 Å². The van der Waals surface area contributed by atoms with Crippen LogP contribution in [0.15, 0.2) is 53.7 Å². The Labute approximate surface area is 120 Å². The van der Waals surface area contributed by atoms with Gasteiger partial charge in [0.15, 0.2) is 0 Å². The minimum atomic E-state index is 0.896. The molecule has 0 saturated carbocycles. The predicted molar refractivity (Wildman–Crippen MR) is 84.5 cm³/mol. The van der Waals surface area contributed by atoms with Crippen LogP contribution in [0.3, 0.4) is 0 Å². The molecule has 2 nitrogen and oxygen atoms in total. The van der Waals surface area contributed by atoms with Crippen LogP contribution < -0.4 is 0 Å². The molecule has 2 aromatic carbocycles. The van der Waals surface area contributed by atoms with Gasteiger partial charge in [-0.2, -0.15) is 0 Å². The topological polar surface area (TPSA) is 32.6 Å². The Hall–Kier alpha value is -2.09. The van der Waals surface area contributed by atoms with Gasteiger partial charge in [0.05, 0.1) is 6.21 Å². The molecule has 0 aliphatic rings. The number of aryl methyl sites for hydroxylation is 1. The predicted octanol–water partition coefficient (Wildman–Crippen LogP) is 4.89. The molecule has 0 amide bonds. The van der Waals surface area contributed by atoms with Crippen molar-refractivity contribution >= 4 is 6.21 Å². The lowest BCUT2D eigenvalue weighted by molar-refractivity contribution is 0.322. The maximum absolute atomic E-state index is 8.49. The monoisotopic (exact) mass is 267 g/mol. The van der Waals surface area contributed by atoms with Crippen molar-refractivity contribution in [3.63, 3.8) is 0 Å². The van der Waals surface area contributed by atoms with E-state index >= 15 is 0 Å². The molecule has 0 spiro atoms. The first-order valence-electron chi connectivity index (χ1n) is 7.20. The second-order valence-corrected chi connectivity index (χ2v) is 5.02. The first kappa shape index (κ1) is 14.3. The molecule has 0 aliphatic heterocycles. The molecular weight excluding hydrogens is 246 g/mol. The number of benzene rings is 2. The maximum Gasteiger partial charge on any atom is 0.0733 e. The van der Waals surface area contributed by atoms with Crippen LogP contribution in [-0.4, -0.2) is 11.4 Å². The lowest BCUT2D eigenvalue weighted by atomic mass is 10.0. The summed E-state index contributed by atoms with van der Waals surface area (Å²) in [6, 6.07) is 16.8. The van der Waals surface area contributed by atoms with Crippen molar-refractivity contribution < 1.29 is 5.21 Å². The quantitative estimate of drug-likeness (QED) is 0.343. The Balaban J connectivity index is 2.05. The number of hydrogen-bond donors (Lipinski definition) is 1. The molecule has 0 fully saturated rings. The van der Waals surface area contributed by atoms with E-state index in [9.17, 15) is 0 Å². The van der Waals surface area contributed by atoms with Crippen LogP contribution in [0.1, 0.15) is 37.3 Å². The van der Waals surface area contributed by atoms with Crippen LogP contribution in [-0.2, 0) is 6.42 Å². The Kier molecular flexibility index (Phi) is 5.36. The Morgan fingerprint density at radius 1 is 0.900 bits per heavy atom. The molecule has 0 radical (unpaired) electrons. The van der Waals surface area contributed by atoms with E-state index in [0.29, 0.717) is 0 Å². The highest BCUT2D eigenvalue weighted by atomic mass is 16.4. The number of rotatable bonds is 6. The largest absolute Gasteiger partial charge is 0.411 e. The average molecular weight is 267 g/mol. The molecule has 0 unspecified atom stereocenters. The van der Waals surface area contributed by atoms with E-state index in [1.807, 2.05) is 24.3 Å². The third-order valence-electron chi connectivity index (χ3n) is 3.47. The smallest absolute Gasteiger partial charge is 0.0733 e. The van der Waals surface area contributed by atoms with Gasteiger partial charge < -0.3 is 5.21 Å². The van der Waals surface area contributed by atoms with Crippen LogP contribution in [0.2, 0.25) is 0 Å². The Morgan fingerprint density at radius 3 is 2.05 bits per heavy atom. The lowest BCUT2D eigenvalue weighted by Crippen LogP contribution is -1.86. The molecular formula is C18H21NO.